The quantitative estimate of drug-likeness (QED) is 0.689. The van der Waals surface area contributed by atoms with Crippen LogP contribution in [0.1, 0.15) is 43.2 Å². The van der Waals surface area contributed by atoms with Gasteiger partial charge in [0.2, 0.25) is 0 Å². The highest BCUT2D eigenvalue weighted by Gasteiger charge is 2.26. The molecule has 0 radical (unpaired) electrons. The molecule has 7 nitrogen and oxygen atoms in total. The summed E-state index contributed by atoms with van der Waals surface area (Å²) in [6.07, 6.45) is 8.64. The molecule has 5 rings (SSSR count). The van der Waals surface area contributed by atoms with E-state index < -0.39 is 0 Å². The minimum absolute atomic E-state index is 0.833. The van der Waals surface area contributed by atoms with E-state index >= 15 is 0 Å². The zero-order valence-electron chi connectivity index (χ0n) is 17.4. The molecule has 3 aromatic rings. The van der Waals surface area contributed by atoms with E-state index in [0.717, 1.165) is 59.9 Å². The van der Waals surface area contributed by atoms with Crippen molar-refractivity contribution in [1.29, 1.82) is 0 Å². The van der Waals surface area contributed by atoms with E-state index in [0.29, 0.717) is 0 Å². The molecule has 1 aliphatic heterocycles. The highest BCUT2D eigenvalue weighted by Crippen LogP contribution is 2.42. The van der Waals surface area contributed by atoms with E-state index in [1.807, 2.05) is 0 Å². The monoisotopic (exact) mass is 411 g/mol. The number of fused-ring (bicyclic) bond motifs is 5. The average molecular weight is 412 g/mol. The zero-order valence-corrected chi connectivity index (χ0v) is 18.2. The van der Waals surface area contributed by atoms with Gasteiger partial charge in [0.05, 0.1) is 0 Å². The number of piperidine rings is 1. The molecular formula is C21H29N7S. The number of hydrogen-bond acceptors (Lipinski definition) is 8. The fraction of sp³-hybridized carbons (Fsp3) is 0.619. The van der Waals surface area contributed by atoms with Crippen LogP contribution in [-0.2, 0) is 12.8 Å². The molecule has 1 aliphatic carbocycles. The first-order chi connectivity index (χ1) is 14.2. The molecule has 2 aliphatic rings. The number of aromatic nitrogens is 4. The first kappa shape index (κ1) is 18.9. The van der Waals surface area contributed by atoms with Crippen LogP contribution in [0.15, 0.2) is 0 Å². The van der Waals surface area contributed by atoms with Crippen LogP contribution >= 0.6 is 11.3 Å². The van der Waals surface area contributed by atoms with Gasteiger partial charge in [-0.1, -0.05) is 0 Å². The molecule has 0 unspecified atom stereocenters. The van der Waals surface area contributed by atoms with Crippen LogP contribution in [0.4, 0.5) is 11.6 Å². The average Bonchev–Trinajstić information content (AvgIpc) is 3.13. The number of nitrogens with one attached hydrogen (secondary N) is 1. The van der Waals surface area contributed by atoms with E-state index in [2.05, 4.69) is 44.6 Å². The molecule has 1 saturated heterocycles. The molecule has 0 spiro atoms. The number of aryl methyl sites for hydroxylation is 1. The lowest BCUT2D eigenvalue weighted by molar-refractivity contribution is 0.425. The van der Waals surface area contributed by atoms with Crippen molar-refractivity contribution in [3.63, 3.8) is 0 Å². The second-order valence-corrected chi connectivity index (χ2v) is 9.47. The van der Waals surface area contributed by atoms with E-state index in [9.17, 15) is 0 Å². The van der Waals surface area contributed by atoms with Crippen molar-refractivity contribution in [3.05, 3.63) is 11.1 Å². The molecule has 8 heteroatoms. The van der Waals surface area contributed by atoms with Crippen molar-refractivity contribution in [2.45, 2.75) is 44.9 Å². The summed E-state index contributed by atoms with van der Waals surface area (Å²) in [5.74, 6) is 2.07. The largest absolute Gasteiger partial charge is 0.366 e. The highest BCUT2D eigenvalue weighted by molar-refractivity contribution is 7.26. The predicted molar refractivity (Wildman–Crippen MR) is 120 cm³/mol. The predicted octanol–water partition coefficient (Wildman–Crippen LogP) is 3.48. The van der Waals surface area contributed by atoms with Crippen LogP contribution in [0.5, 0.6) is 0 Å². The zero-order chi connectivity index (χ0) is 19.8. The fourth-order valence-corrected chi connectivity index (χ4v) is 5.74. The summed E-state index contributed by atoms with van der Waals surface area (Å²) in [7, 11) is 4.15. The van der Waals surface area contributed by atoms with Gasteiger partial charge in [0.1, 0.15) is 20.9 Å². The molecule has 0 aromatic carbocycles. The Kier molecular flexibility index (Phi) is 5.22. The van der Waals surface area contributed by atoms with E-state index in [1.54, 1.807) is 11.3 Å². The Morgan fingerprint density at radius 1 is 1.00 bits per heavy atom. The topological polar surface area (TPSA) is 70.1 Å². The SMILES string of the molecule is CN(C)CCNc1nnnc2c1sc1nc(N3CCCCC3)c3c(c12)CCCC3. The van der Waals surface area contributed by atoms with Crippen LogP contribution in [0.3, 0.4) is 0 Å². The summed E-state index contributed by atoms with van der Waals surface area (Å²) < 4.78 is 1.09. The fourth-order valence-electron chi connectivity index (χ4n) is 4.65. The van der Waals surface area contributed by atoms with Gasteiger partial charge in [-0.25, -0.2) is 4.98 Å². The third-order valence-electron chi connectivity index (χ3n) is 6.12. The number of thiophene rings is 1. The molecular weight excluding hydrogens is 382 g/mol. The first-order valence-electron chi connectivity index (χ1n) is 10.8. The molecule has 0 amide bonds. The minimum atomic E-state index is 0.833. The van der Waals surface area contributed by atoms with Crippen molar-refractivity contribution in [2.24, 2.45) is 0 Å². The molecule has 0 bridgehead atoms. The lowest BCUT2D eigenvalue weighted by Crippen LogP contribution is -2.31. The Hall–Kier alpha value is -2.06. The van der Waals surface area contributed by atoms with Crippen molar-refractivity contribution in [3.8, 4) is 0 Å². The Balaban J connectivity index is 1.64. The molecule has 29 heavy (non-hydrogen) atoms. The van der Waals surface area contributed by atoms with Crippen LogP contribution in [0.2, 0.25) is 0 Å². The molecule has 4 heterocycles. The number of anilines is 2. The van der Waals surface area contributed by atoms with Gasteiger partial charge in [-0.15, -0.1) is 21.5 Å². The van der Waals surface area contributed by atoms with E-state index in [4.69, 9.17) is 4.98 Å². The normalized spacial score (nSPS) is 17.3. The molecule has 0 saturated carbocycles. The van der Waals surface area contributed by atoms with Crippen LogP contribution in [-0.4, -0.2) is 65.6 Å². The Morgan fingerprint density at radius 2 is 1.79 bits per heavy atom. The summed E-state index contributed by atoms with van der Waals surface area (Å²) in [4.78, 5) is 11.0. The van der Waals surface area contributed by atoms with Gasteiger partial charge < -0.3 is 15.1 Å². The molecule has 0 atom stereocenters. The minimum Gasteiger partial charge on any atom is -0.366 e. The van der Waals surface area contributed by atoms with Crippen molar-refractivity contribution >= 4 is 43.4 Å². The van der Waals surface area contributed by atoms with Crippen molar-refractivity contribution in [1.82, 2.24) is 25.3 Å². The molecule has 1 fully saturated rings. The Morgan fingerprint density at radius 3 is 2.59 bits per heavy atom. The second-order valence-electron chi connectivity index (χ2n) is 8.48. The maximum Gasteiger partial charge on any atom is 0.170 e. The van der Waals surface area contributed by atoms with Gasteiger partial charge in [0.15, 0.2) is 5.82 Å². The van der Waals surface area contributed by atoms with Gasteiger partial charge in [-0.05, 0) is 75.4 Å². The summed E-state index contributed by atoms with van der Waals surface area (Å²) in [5, 5.41) is 17.5. The first-order valence-corrected chi connectivity index (χ1v) is 11.6. The summed E-state index contributed by atoms with van der Waals surface area (Å²) in [5.41, 5.74) is 3.90. The number of nitrogens with zero attached hydrogens (tertiary/aromatic N) is 6. The number of pyridine rings is 1. The van der Waals surface area contributed by atoms with E-state index in [-0.39, 0.29) is 0 Å². The van der Waals surface area contributed by atoms with Gasteiger partial charge in [-0.2, -0.15) is 0 Å². The highest BCUT2D eigenvalue weighted by atomic mass is 32.1. The van der Waals surface area contributed by atoms with E-state index in [1.165, 1.54) is 54.4 Å². The number of hydrogen-bond donors (Lipinski definition) is 1. The van der Waals surface area contributed by atoms with Crippen LogP contribution in [0.25, 0.3) is 20.4 Å². The smallest absolute Gasteiger partial charge is 0.170 e. The third kappa shape index (κ3) is 3.53. The van der Waals surface area contributed by atoms with Gasteiger partial charge in [0, 0.05) is 31.6 Å². The molecule has 1 N–H and O–H groups in total. The summed E-state index contributed by atoms with van der Waals surface area (Å²) >= 11 is 1.72. The lowest BCUT2D eigenvalue weighted by atomic mass is 9.89. The number of likely N-dealkylation sites (N-methyl/N-ethyl adjacent to an activating group) is 1. The maximum atomic E-state index is 5.21. The van der Waals surface area contributed by atoms with Crippen molar-refractivity contribution < 1.29 is 0 Å². The molecule has 154 valence electrons. The van der Waals surface area contributed by atoms with Crippen LogP contribution < -0.4 is 10.2 Å². The Labute approximate surface area is 175 Å². The second kappa shape index (κ2) is 7.99. The molecule has 3 aromatic heterocycles. The lowest BCUT2D eigenvalue weighted by Gasteiger charge is -2.31. The van der Waals surface area contributed by atoms with Crippen LogP contribution in [0, 0.1) is 0 Å². The number of rotatable bonds is 5. The Bertz CT molecular complexity index is 1020. The standard InChI is InChI=1S/C21H29N7S/c1-27(2)13-10-22-19-18-17(24-26-25-19)16-14-8-4-5-9-15(14)20(23-21(16)29-18)28-11-6-3-7-12-28/h3-13H2,1-2H3,(H,22,24,25). The maximum absolute atomic E-state index is 5.21. The van der Waals surface area contributed by atoms with Gasteiger partial charge in [-0.3, -0.25) is 0 Å². The van der Waals surface area contributed by atoms with Gasteiger partial charge in [0.25, 0.3) is 0 Å². The summed E-state index contributed by atoms with van der Waals surface area (Å²) in [6, 6.07) is 0. The van der Waals surface area contributed by atoms with Gasteiger partial charge >= 0.3 is 0 Å². The summed E-state index contributed by atoms with van der Waals surface area (Å²) in [6.45, 7) is 4.05. The third-order valence-corrected chi connectivity index (χ3v) is 7.20. The van der Waals surface area contributed by atoms with Crippen molar-refractivity contribution in [2.75, 3.05) is 50.5 Å².